The van der Waals surface area contributed by atoms with E-state index in [1.165, 1.54) is 11.1 Å². The van der Waals surface area contributed by atoms with Gasteiger partial charge in [0.15, 0.2) is 0 Å². The van der Waals surface area contributed by atoms with E-state index in [0.29, 0.717) is 6.54 Å². The van der Waals surface area contributed by atoms with Gasteiger partial charge in [0, 0.05) is 12.7 Å². The van der Waals surface area contributed by atoms with Gasteiger partial charge >= 0.3 is 0 Å². The fraction of sp³-hybridized carbons (Fsp3) is 0.250. The third-order valence-electron chi connectivity index (χ3n) is 2.50. The normalized spacial score (nSPS) is 10.5. The van der Waals surface area contributed by atoms with E-state index in [9.17, 15) is 0 Å². The lowest BCUT2D eigenvalue weighted by molar-refractivity contribution is 0.669. The van der Waals surface area contributed by atoms with Crippen molar-refractivity contribution in [3.05, 3.63) is 53.3 Å². The molecular formula is C12H15N3. The van der Waals surface area contributed by atoms with Crippen LogP contribution >= 0.6 is 0 Å². The van der Waals surface area contributed by atoms with Crippen LogP contribution in [0.5, 0.6) is 0 Å². The van der Waals surface area contributed by atoms with Crippen molar-refractivity contribution in [2.24, 2.45) is 5.73 Å². The van der Waals surface area contributed by atoms with Gasteiger partial charge in [-0.25, -0.2) is 0 Å². The van der Waals surface area contributed by atoms with Gasteiger partial charge in [-0.05, 0) is 24.1 Å². The molecule has 3 heteroatoms. The standard InChI is InChI=1S/C12H15N3/c1-10-4-2-3-5-11(10)9-15-7-6-12(8-13)14-15/h2-7H,8-9,13H2,1H3. The minimum Gasteiger partial charge on any atom is -0.325 e. The molecule has 0 fully saturated rings. The monoisotopic (exact) mass is 201 g/mol. The van der Waals surface area contributed by atoms with Crippen molar-refractivity contribution >= 4 is 0 Å². The second kappa shape index (κ2) is 4.28. The number of hydrogen-bond donors (Lipinski definition) is 1. The Kier molecular flexibility index (Phi) is 2.83. The highest BCUT2D eigenvalue weighted by molar-refractivity contribution is 5.25. The Hall–Kier alpha value is -1.61. The van der Waals surface area contributed by atoms with Crippen LogP contribution in [0, 0.1) is 6.92 Å². The Bertz CT molecular complexity index is 446. The maximum Gasteiger partial charge on any atom is 0.0760 e. The van der Waals surface area contributed by atoms with E-state index < -0.39 is 0 Å². The molecule has 78 valence electrons. The molecule has 0 radical (unpaired) electrons. The second-order valence-electron chi connectivity index (χ2n) is 3.64. The summed E-state index contributed by atoms with van der Waals surface area (Å²) in [5.41, 5.74) is 9.03. The Labute approximate surface area is 89.5 Å². The fourth-order valence-electron chi connectivity index (χ4n) is 1.56. The molecule has 3 nitrogen and oxygen atoms in total. The predicted octanol–water partition coefficient (Wildman–Crippen LogP) is 1.70. The molecule has 0 aliphatic carbocycles. The first kappa shape index (κ1) is 9.93. The van der Waals surface area contributed by atoms with Gasteiger partial charge in [-0.3, -0.25) is 4.68 Å². The van der Waals surface area contributed by atoms with E-state index in [-0.39, 0.29) is 0 Å². The minimum atomic E-state index is 0.501. The summed E-state index contributed by atoms with van der Waals surface area (Å²) in [4.78, 5) is 0. The molecule has 1 aromatic carbocycles. The zero-order valence-corrected chi connectivity index (χ0v) is 8.85. The molecule has 0 spiro atoms. The highest BCUT2D eigenvalue weighted by atomic mass is 15.3. The second-order valence-corrected chi connectivity index (χ2v) is 3.64. The fourth-order valence-corrected chi connectivity index (χ4v) is 1.56. The third kappa shape index (κ3) is 2.25. The van der Waals surface area contributed by atoms with Crippen molar-refractivity contribution in [2.45, 2.75) is 20.0 Å². The highest BCUT2D eigenvalue weighted by Gasteiger charge is 2.00. The van der Waals surface area contributed by atoms with Crippen LogP contribution in [0.15, 0.2) is 36.5 Å². The Morgan fingerprint density at radius 1 is 1.27 bits per heavy atom. The lowest BCUT2D eigenvalue weighted by Gasteiger charge is -2.05. The number of rotatable bonds is 3. The molecule has 0 bridgehead atoms. The molecule has 0 saturated carbocycles. The molecular weight excluding hydrogens is 186 g/mol. The van der Waals surface area contributed by atoms with Crippen molar-refractivity contribution in [3.63, 3.8) is 0 Å². The van der Waals surface area contributed by atoms with E-state index in [1.54, 1.807) is 0 Å². The summed E-state index contributed by atoms with van der Waals surface area (Å²) in [6, 6.07) is 10.3. The number of nitrogens with zero attached hydrogens (tertiary/aromatic N) is 2. The average molecular weight is 201 g/mol. The van der Waals surface area contributed by atoms with Gasteiger partial charge in [-0.2, -0.15) is 5.10 Å². The molecule has 2 aromatic rings. The molecule has 1 aromatic heterocycles. The third-order valence-corrected chi connectivity index (χ3v) is 2.50. The first-order valence-corrected chi connectivity index (χ1v) is 5.06. The van der Waals surface area contributed by atoms with Crippen LogP contribution in [0.4, 0.5) is 0 Å². The zero-order valence-electron chi connectivity index (χ0n) is 8.85. The average Bonchev–Trinajstić information content (AvgIpc) is 2.69. The van der Waals surface area contributed by atoms with Gasteiger partial charge in [0.25, 0.3) is 0 Å². The number of hydrogen-bond acceptors (Lipinski definition) is 2. The van der Waals surface area contributed by atoms with Crippen molar-refractivity contribution in [1.29, 1.82) is 0 Å². The molecule has 2 N–H and O–H groups in total. The molecule has 0 saturated heterocycles. The van der Waals surface area contributed by atoms with Crippen LogP contribution in [0.3, 0.4) is 0 Å². The van der Waals surface area contributed by atoms with Crippen LogP contribution in [-0.4, -0.2) is 9.78 Å². The number of aryl methyl sites for hydroxylation is 1. The van der Waals surface area contributed by atoms with E-state index in [2.05, 4.69) is 30.2 Å². The Morgan fingerprint density at radius 2 is 2.07 bits per heavy atom. The van der Waals surface area contributed by atoms with Gasteiger partial charge in [0.05, 0.1) is 12.2 Å². The number of benzene rings is 1. The summed E-state index contributed by atoms with van der Waals surface area (Å²) in [5, 5.41) is 4.36. The summed E-state index contributed by atoms with van der Waals surface area (Å²) in [5.74, 6) is 0. The lowest BCUT2D eigenvalue weighted by Crippen LogP contribution is -2.04. The van der Waals surface area contributed by atoms with Crippen molar-refractivity contribution in [3.8, 4) is 0 Å². The number of nitrogens with two attached hydrogens (primary N) is 1. The van der Waals surface area contributed by atoms with Gasteiger partial charge in [-0.1, -0.05) is 24.3 Å². The first-order valence-electron chi connectivity index (χ1n) is 5.06. The Balaban J connectivity index is 2.18. The smallest absolute Gasteiger partial charge is 0.0760 e. The van der Waals surface area contributed by atoms with Crippen molar-refractivity contribution < 1.29 is 0 Å². The first-order chi connectivity index (χ1) is 7.29. The molecule has 0 amide bonds. The van der Waals surface area contributed by atoms with E-state index in [0.717, 1.165) is 12.2 Å². The van der Waals surface area contributed by atoms with Crippen molar-refractivity contribution in [2.75, 3.05) is 0 Å². The van der Waals surface area contributed by atoms with Gasteiger partial charge in [-0.15, -0.1) is 0 Å². The quantitative estimate of drug-likeness (QED) is 0.821. The summed E-state index contributed by atoms with van der Waals surface area (Å²) in [6.45, 7) is 3.43. The summed E-state index contributed by atoms with van der Waals surface area (Å²) in [6.07, 6.45) is 1.97. The summed E-state index contributed by atoms with van der Waals surface area (Å²) in [7, 11) is 0. The van der Waals surface area contributed by atoms with E-state index in [1.807, 2.05) is 23.0 Å². The van der Waals surface area contributed by atoms with E-state index >= 15 is 0 Å². The van der Waals surface area contributed by atoms with E-state index in [4.69, 9.17) is 5.73 Å². The maximum atomic E-state index is 5.51. The number of aromatic nitrogens is 2. The summed E-state index contributed by atoms with van der Waals surface area (Å²) < 4.78 is 1.92. The van der Waals surface area contributed by atoms with Gasteiger partial charge in [0.2, 0.25) is 0 Å². The van der Waals surface area contributed by atoms with Crippen LogP contribution in [0.1, 0.15) is 16.8 Å². The van der Waals surface area contributed by atoms with Crippen LogP contribution in [0.2, 0.25) is 0 Å². The van der Waals surface area contributed by atoms with Gasteiger partial charge < -0.3 is 5.73 Å². The largest absolute Gasteiger partial charge is 0.325 e. The molecule has 0 aliphatic heterocycles. The maximum absolute atomic E-state index is 5.51. The minimum absolute atomic E-state index is 0.501. The lowest BCUT2D eigenvalue weighted by atomic mass is 10.1. The van der Waals surface area contributed by atoms with Crippen LogP contribution < -0.4 is 5.73 Å². The molecule has 0 unspecified atom stereocenters. The highest BCUT2D eigenvalue weighted by Crippen LogP contribution is 2.08. The Morgan fingerprint density at radius 3 is 2.73 bits per heavy atom. The van der Waals surface area contributed by atoms with Gasteiger partial charge in [0.1, 0.15) is 0 Å². The molecule has 0 aliphatic rings. The molecule has 1 heterocycles. The van der Waals surface area contributed by atoms with Crippen LogP contribution in [0.25, 0.3) is 0 Å². The van der Waals surface area contributed by atoms with Crippen LogP contribution in [-0.2, 0) is 13.1 Å². The predicted molar refractivity (Wildman–Crippen MR) is 60.4 cm³/mol. The SMILES string of the molecule is Cc1ccccc1Cn1ccc(CN)n1. The molecule has 15 heavy (non-hydrogen) atoms. The molecule has 0 atom stereocenters. The molecule has 2 rings (SSSR count). The topological polar surface area (TPSA) is 43.8 Å². The zero-order chi connectivity index (χ0) is 10.7. The van der Waals surface area contributed by atoms with Crippen molar-refractivity contribution in [1.82, 2.24) is 9.78 Å². The summed E-state index contributed by atoms with van der Waals surface area (Å²) >= 11 is 0.